The molecule has 0 radical (unpaired) electrons. The molecule has 38 heavy (non-hydrogen) atoms. The number of aryl methyl sites for hydroxylation is 4. The molecule has 0 bridgehead atoms. The zero-order chi connectivity index (χ0) is 27.2. The Labute approximate surface area is 207 Å². The first kappa shape index (κ1) is 23.8. The van der Waals surface area contributed by atoms with Crippen LogP contribution in [0.3, 0.4) is 0 Å². The van der Waals surface area contributed by atoms with Gasteiger partial charge in [-0.3, -0.25) is 0 Å². The van der Waals surface area contributed by atoms with Crippen LogP contribution in [0.15, 0.2) is 0 Å². The fourth-order valence-electron chi connectivity index (χ4n) is 4.03. The van der Waals surface area contributed by atoms with Gasteiger partial charge in [-0.15, -0.1) is 0 Å². The molecule has 2 aromatic carbocycles. The molecule has 4 heterocycles. The molecule has 8 nitrogen and oxygen atoms in total. The van der Waals surface area contributed by atoms with Gasteiger partial charge in [0.25, 0.3) is 0 Å². The third-order valence-electron chi connectivity index (χ3n) is 6.21. The van der Waals surface area contributed by atoms with Gasteiger partial charge < -0.3 is 0 Å². The second-order valence-electron chi connectivity index (χ2n) is 8.56. The Balaban J connectivity index is 1.77. The summed E-state index contributed by atoms with van der Waals surface area (Å²) < 4.78 is 85.0. The topological polar surface area (TPSA) is 103 Å². The number of benzene rings is 2. The fourth-order valence-corrected chi connectivity index (χ4v) is 4.03. The van der Waals surface area contributed by atoms with Crippen molar-refractivity contribution in [3.8, 4) is 11.3 Å². The number of fused-ring (bicyclic) bond motifs is 7. The smallest absolute Gasteiger partial charge is 0.241 e. The van der Waals surface area contributed by atoms with Gasteiger partial charge in [0.1, 0.15) is 38.8 Å². The van der Waals surface area contributed by atoms with Crippen LogP contribution in [0.4, 0.5) is 26.3 Å². The molecule has 14 heteroatoms. The third kappa shape index (κ3) is 3.18. The molecule has 0 saturated carbocycles. The minimum atomic E-state index is -2.39. The highest BCUT2D eigenvalue weighted by Gasteiger charge is 2.30. The van der Waals surface area contributed by atoms with Gasteiger partial charge in [0.2, 0.25) is 17.4 Å². The molecule has 0 fully saturated rings. The van der Waals surface area contributed by atoms with Gasteiger partial charge in [-0.25, -0.2) is 56.8 Å². The Morgan fingerprint density at radius 2 is 0.684 bits per heavy atom. The van der Waals surface area contributed by atoms with E-state index >= 15 is 0 Å². The van der Waals surface area contributed by atoms with Crippen LogP contribution in [0.2, 0.25) is 0 Å². The van der Waals surface area contributed by atoms with E-state index < -0.39 is 57.6 Å². The third-order valence-corrected chi connectivity index (χ3v) is 6.21. The maximum Gasteiger partial charge on any atom is 0.241 e. The average Bonchev–Trinajstić information content (AvgIpc) is 2.88. The van der Waals surface area contributed by atoms with Gasteiger partial charge in [0.15, 0.2) is 28.9 Å². The molecular weight excluding hydrogens is 514 g/mol. The summed E-state index contributed by atoms with van der Waals surface area (Å²) in [5.74, 6) is -13.1. The zero-order valence-electron chi connectivity index (χ0n) is 19.8. The van der Waals surface area contributed by atoms with Gasteiger partial charge in [0.05, 0.1) is 28.3 Å². The monoisotopic (exact) mass is 526 g/mol. The van der Waals surface area contributed by atoms with Crippen LogP contribution in [0.5, 0.6) is 0 Å². The summed E-state index contributed by atoms with van der Waals surface area (Å²) >= 11 is 0. The van der Waals surface area contributed by atoms with E-state index in [2.05, 4.69) is 39.9 Å². The predicted molar refractivity (Wildman–Crippen MR) is 123 cm³/mol. The SMILES string of the molecule is Cc1nc2c3nc(C)c(C)nc3c3nc4nc(-c5c(F)c(F)c(F)c(F)c5F)c(F)nc4nc3c2nc1C. The number of hydrogen-bond donors (Lipinski definition) is 0. The van der Waals surface area contributed by atoms with Crippen LogP contribution in [-0.4, -0.2) is 39.9 Å². The van der Waals surface area contributed by atoms with E-state index in [1.807, 2.05) is 0 Å². The lowest BCUT2D eigenvalue weighted by Crippen LogP contribution is -2.08. The van der Waals surface area contributed by atoms with E-state index in [4.69, 9.17) is 0 Å². The van der Waals surface area contributed by atoms with Crippen molar-refractivity contribution < 1.29 is 26.3 Å². The lowest BCUT2D eigenvalue weighted by molar-refractivity contribution is 0.380. The zero-order valence-corrected chi connectivity index (χ0v) is 19.8. The number of rotatable bonds is 1. The van der Waals surface area contributed by atoms with Crippen molar-refractivity contribution in [1.82, 2.24) is 39.9 Å². The van der Waals surface area contributed by atoms with E-state index in [-0.39, 0.29) is 22.1 Å². The predicted octanol–water partition coefficient (Wildman–Crippen LogP) is 5.19. The van der Waals surface area contributed by atoms with Crippen molar-refractivity contribution >= 4 is 44.4 Å². The Hall–Kier alpha value is -4.62. The Morgan fingerprint density at radius 3 is 1.08 bits per heavy atom. The second-order valence-corrected chi connectivity index (χ2v) is 8.56. The normalized spacial score (nSPS) is 11.9. The van der Waals surface area contributed by atoms with Crippen LogP contribution in [0.1, 0.15) is 22.8 Å². The van der Waals surface area contributed by atoms with E-state index in [1.54, 1.807) is 27.7 Å². The van der Waals surface area contributed by atoms with Crippen molar-refractivity contribution in [2.45, 2.75) is 27.7 Å². The highest BCUT2D eigenvalue weighted by Crippen LogP contribution is 2.34. The summed E-state index contributed by atoms with van der Waals surface area (Å²) in [5.41, 5.74) is 0.183. The van der Waals surface area contributed by atoms with Gasteiger partial charge in [-0.2, -0.15) is 9.37 Å². The molecule has 0 aliphatic rings. The van der Waals surface area contributed by atoms with Crippen molar-refractivity contribution in [3.63, 3.8) is 0 Å². The Morgan fingerprint density at radius 1 is 0.368 bits per heavy atom. The highest BCUT2D eigenvalue weighted by atomic mass is 19.2. The number of nitrogens with zero attached hydrogens (tertiary/aromatic N) is 8. The molecule has 0 amide bonds. The molecule has 0 aliphatic carbocycles. The summed E-state index contributed by atoms with van der Waals surface area (Å²) in [6, 6.07) is 0. The van der Waals surface area contributed by atoms with Gasteiger partial charge in [-0.05, 0) is 27.7 Å². The van der Waals surface area contributed by atoms with E-state index in [0.717, 1.165) is 0 Å². The largest absolute Gasteiger partial charge is 0.247 e. The van der Waals surface area contributed by atoms with Gasteiger partial charge in [-0.1, -0.05) is 0 Å². The van der Waals surface area contributed by atoms with Crippen LogP contribution in [0.25, 0.3) is 55.7 Å². The van der Waals surface area contributed by atoms with Crippen molar-refractivity contribution in [2.24, 2.45) is 0 Å². The van der Waals surface area contributed by atoms with E-state index in [0.29, 0.717) is 33.8 Å². The minimum absolute atomic E-state index is 0.0948. The summed E-state index contributed by atoms with van der Waals surface area (Å²) in [4.78, 5) is 34.3. The maximum absolute atomic E-state index is 14.9. The van der Waals surface area contributed by atoms with Crippen LogP contribution in [0, 0.1) is 62.7 Å². The lowest BCUT2D eigenvalue weighted by atomic mass is 10.1. The fraction of sp³-hybridized carbons (Fsp3) is 0.167. The summed E-state index contributed by atoms with van der Waals surface area (Å²) in [7, 11) is 0. The van der Waals surface area contributed by atoms with Gasteiger partial charge >= 0.3 is 0 Å². The molecule has 0 unspecified atom stereocenters. The summed E-state index contributed by atoms with van der Waals surface area (Å²) in [5, 5.41) is 0. The second kappa shape index (κ2) is 7.94. The van der Waals surface area contributed by atoms with Crippen LogP contribution in [-0.2, 0) is 0 Å². The van der Waals surface area contributed by atoms with Crippen molar-refractivity contribution in [2.75, 3.05) is 0 Å². The molecule has 6 aromatic rings. The Bertz CT molecular complexity index is 2020. The number of hydrogen-bond acceptors (Lipinski definition) is 8. The molecule has 6 rings (SSSR count). The molecule has 0 spiro atoms. The molecule has 190 valence electrons. The highest BCUT2D eigenvalue weighted by molar-refractivity contribution is 6.18. The average molecular weight is 526 g/mol. The van der Waals surface area contributed by atoms with Crippen molar-refractivity contribution in [1.29, 1.82) is 0 Å². The minimum Gasteiger partial charge on any atom is -0.247 e. The first-order valence-electron chi connectivity index (χ1n) is 11.0. The summed E-state index contributed by atoms with van der Waals surface area (Å²) in [6.45, 7) is 6.96. The van der Waals surface area contributed by atoms with Crippen LogP contribution < -0.4 is 0 Å². The first-order chi connectivity index (χ1) is 18.0. The lowest BCUT2D eigenvalue weighted by Gasteiger charge is -2.12. The molecular formula is C24H12F6N8. The Kier molecular flexibility index (Phi) is 4.96. The van der Waals surface area contributed by atoms with Crippen molar-refractivity contribution in [3.05, 3.63) is 57.8 Å². The first-order valence-corrected chi connectivity index (χ1v) is 11.0. The quantitative estimate of drug-likeness (QED) is 0.0948. The standard InChI is InChI=1S/C24H12F6N8/c1-5-7(3)33-18-16(31-5)17-19(34-8(4)6(2)32-17)21-20(18)36-23-24(37-21)38-22(30)15(35-23)9-10(25)12(27)14(29)13(28)11(9)26/h1-4H3. The molecule has 0 aliphatic heterocycles. The van der Waals surface area contributed by atoms with Crippen LogP contribution >= 0.6 is 0 Å². The molecule has 0 N–H and O–H groups in total. The molecule has 4 aromatic heterocycles. The molecule has 0 saturated heterocycles. The molecule has 0 atom stereocenters. The maximum atomic E-state index is 14.9. The van der Waals surface area contributed by atoms with Gasteiger partial charge in [0, 0.05) is 0 Å². The van der Waals surface area contributed by atoms with E-state index in [9.17, 15) is 26.3 Å². The van der Waals surface area contributed by atoms with E-state index in [1.165, 1.54) is 0 Å². The number of aromatic nitrogens is 8. The number of halogens is 6. The summed E-state index contributed by atoms with van der Waals surface area (Å²) in [6.07, 6.45) is 0.